The predicted molar refractivity (Wildman–Crippen MR) is 316 cm³/mol. The maximum absolute atomic E-state index is 12.9. The van der Waals surface area contributed by atoms with Crippen molar-refractivity contribution >= 4 is 17.9 Å². The summed E-state index contributed by atoms with van der Waals surface area (Å²) in [4.78, 5) is 38.1. The number of allylic oxidation sites excluding steroid dienone is 20. The molecule has 0 aromatic heterocycles. The average molecular weight is 1010 g/mol. The van der Waals surface area contributed by atoms with E-state index < -0.39 is 6.10 Å². The molecule has 0 aliphatic carbocycles. The molecule has 6 nitrogen and oxygen atoms in total. The Bertz CT molecular complexity index is 1540. The zero-order chi connectivity index (χ0) is 52.9. The molecule has 1 unspecified atom stereocenters. The van der Waals surface area contributed by atoms with Crippen LogP contribution in [0, 0.1) is 0 Å². The van der Waals surface area contributed by atoms with E-state index in [1.807, 2.05) is 0 Å². The van der Waals surface area contributed by atoms with E-state index in [0.717, 1.165) is 128 Å². The Morgan fingerprint density at radius 2 is 0.534 bits per heavy atom. The quantitative estimate of drug-likeness (QED) is 0.0261. The maximum atomic E-state index is 12.9. The summed E-state index contributed by atoms with van der Waals surface area (Å²) in [6.07, 6.45) is 83.4. The Morgan fingerprint density at radius 1 is 0.288 bits per heavy atom. The molecule has 414 valence electrons. The van der Waals surface area contributed by atoms with Crippen LogP contribution in [0.3, 0.4) is 0 Å². The van der Waals surface area contributed by atoms with Gasteiger partial charge in [-0.25, -0.2) is 0 Å². The molecule has 0 spiro atoms. The lowest BCUT2D eigenvalue weighted by Gasteiger charge is -2.18. The molecular formula is C67H110O6. The lowest BCUT2D eigenvalue weighted by atomic mass is 10.1. The molecule has 0 aromatic carbocycles. The van der Waals surface area contributed by atoms with Gasteiger partial charge in [0.1, 0.15) is 13.2 Å². The monoisotopic (exact) mass is 1010 g/mol. The number of esters is 3. The summed E-state index contributed by atoms with van der Waals surface area (Å²) < 4.78 is 16.8. The van der Waals surface area contributed by atoms with Gasteiger partial charge < -0.3 is 14.2 Å². The molecule has 0 radical (unpaired) electrons. The second kappa shape index (κ2) is 60.4. The van der Waals surface area contributed by atoms with E-state index >= 15 is 0 Å². The van der Waals surface area contributed by atoms with Gasteiger partial charge in [-0.1, -0.05) is 232 Å². The zero-order valence-corrected chi connectivity index (χ0v) is 47.4. The second-order valence-electron chi connectivity index (χ2n) is 19.5. The molecule has 73 heavy (non-hydrogen) atoms. The van der Waals surface area contributed by atoms with Crippen molar-refractivity contribution < 1.29 is 28.6 Å². The first-order valence-electron chi connectivity index (χ1n) is 30.0. The molecule has 0 heterocycles. The van der Waals surface area contributed by atoms with Crippen LogP contribution in [0.5, 0.6) is 0 Å². The minimum atomic E-state index is -0.807. The maximum Gasteiger partial charge on any atom is 0.306 e. The molecular weight excluding hydrogens is 901 g/mol. The first-order chi connectivity index (χ1) is 36.0. The van der Waals surface area contributed by atoms with Gasteiger partial charge in [0, 0.05) is 19.3 Å². The van der Waals surface area contributed by atoms with E-state index in [0.29, 0.717) is 25.7 Å². The van der Waals surface area contributed by atoms with Gasteiger partial charge in [0.2, 0.25) is 0 Å². The fourth-order valence-electron chi connectivity index (χ4n) is 7.92. The number of hydrogen-bond acceptors (Lipinski definition) is 6. The van der Waals surface area contributed by atoms with Gasteiger partial charge in [0.05, 0.1) is 0 Å². The molecule has 0 aliphatic rings. The van der Waals surface area contributed by atoms with Gasteiger partial charge in [-0.05, 0) is 135 Å². The number of carbonyl (C=O) groups is 3. The number of rotatable bonds is 53. The third-order valence-electron chi connectivity index (χ3n) is 12.4. The summed E-state index contributed by atoms with van der Waals surface area (Å²) in [5.41, 5.74) is 0. The Labute approximate surface area is 450 Å². The molecule has 0 bridgehead atoms. The summed E-state index contributed by atoms with van der Waals surface area (Å²) in [7, 11) is 0. The van der Waals surface area contributed by atoms with E-state index in [4.69, 9.17) is 14.2 Å². The Kier molecular flexibility index (Phi) is 56.9. The van der Waals surface area contributed by atoms with Crippen LogP contribution >= 0.6 is 0 Å². The van der Waals surface area contributed by atoms with Crippen LogP contribution in [0.2, 0.25) is 0 Å². The van der Waals surface area contributed by atoms with Crippen molar-refractivity contribution in [1.82, 2.24) is 0 Å². The minimum Gasteiger partial charge on any atom is -0.462 e. The molecule has 6 heteroatoms. The van der Waals surface area contributed by atoms with Crippen molar-refractivity contribution in [1.29, 1.82) is 0 Å². The van der Waals surface area contributed by atoms with Crippen molar-refractivity contribution in [3.05, 3.63) is 122 Å². The number of carbonyl (C=O) groups excluding carboxylic acids is 3. The highest BCUT2D eigenvalue weighted by molar-refractivity contribution is 5.71. The highest BCUT2D eigenvalue weighted by atomic mass is 16.6. The number of unbranched alkanes of at least 4 members (excludes halogenated alkanes) is 22. The molecule has 0 rings (SSSR count). The zero-order valence-electron chi connectivity index (χ0n) is 47.4. The van der Waals surface area contributed by atoms with Gasteiger partial charge >= 0.3 is 17.9 Å². The number of hydrogen-bond donors (Lipinski definition) is 0. The normalized spacial score (nSPS) is 13.0. The first kappa shape index (κ1) is 68.8. The van der Waals surface area contributed by atoms with Gasteiger partial charge in [0.15, 0.2) is 6.10 Å². The summed E-state index contributed by atoms with van der Waals surface area (Å²) in [6.45, 7) is 6.45. The molecule has 0 saturated carbocycles. The first-order valence-corrected chi connectivity index (χ1v) is 30.0. The summed E-state index contributed by atoms with van der Waals surface area (Å²) >= 11 is 0. The van der Waals surface area contributed by atoms with Crippen molar-refractivity contribution in [2.45, 2.75) is 271 Å². The topological polar surface area (TPSA) is 78.9 Å². The lowest BCUT2D eigenvalue weighted by Crippen LogP contribution is -2.30. The molecule has 0 N–H and O–H groups in total. The van der Waals surface area contributed by atoms with E-state index in [-0.39, 0.29) is 31.1 Å². The van der Waals surface area contributed by atoms with Crippen LogP contribution in [0.1, 0.15) is 265 Å². The van der Waals surface area contributed by atoms with Crippen molar-refractivity contribution in [3.63, 3.8) is 0 Å². The smallest absolute Gasteiger partial charge is 0.306 e. The van der Waals surface area contributed by atoms with Gasteiger partial charge in [-0.2, -0.15) is 0 Å². The number of ether oxygens (including phenoxy) is 3. The van der Waals surface area contributed by atoms with Crippen LogP contribution in [0.25, 0.3) is 0 Å². The molecule has 0 amide bonds. The third-order valence-corrected chi connectivity index (χ3v) is 12.4. The molecule has 0 fully saturated rings. The van der Waals surface area contributed by atoms with Crippen LogP contribution in [-0.4, -0.2) is 37.2 Å². The van der Waals surface area contributed by atoms with Crippen molar-refractivity contribution in [2.75, 3.05) is 13.2 Å². The van der Waals surface area contributed by atoms with E-state index in [1.54, 1.807) is 0 Å². The summed E-state index contributed by atoms with van der Waals surface area (Å²) in [6, 6.07) is 0. The van der Waals surface area contributed by atoms with Crippen molar-refractivity contribution in [2.24, 2.45) is 0 Å². The lowest BCUT2D eigenvalue weighted by molar-refractivity contribution is -0.167. The molecule has 0 saturated heterocycles. The highest BCUT2D eigenvalue weighted by Crippen LogP contribution is 2.14. The highest BCUT2D eigenvalue weighted by Gasteiger charge is 2.19. The van der Waals surface area contributed by atoms with Gasteiger partial charge in [-0.15, -0.1) is 0 Å². The fraction of sp³-hybridized carbons (Fsp3) is 0.657. The van der Waals surface area contributed by atoms with Crippen LogP contribution < -0.4 is 0 Å². The molecule has 1 atom stereocenters. The minimum absolute atomic E-state index is 0.102. The summed E-state index contributed by atoms with van der Waals surface area (Å²) in [5, 5.41) is 0. The van der Waals surface area contributed by atoms with Crippen LogP contribution in [0.15, 0.2) is 122 Å². The molecule has 0 aliphatic heterocycles. The summed E-state index contributed by atoms with van der Waals surface area (Å²) in [5.74, 6) is -0.965. The average Bonchev–Trinajstić information content (AvgIpc) is 3.39. The Hall–Kier alpha value is -4.19. The third kappa shape index (κ3) is 58.6. The van der Waals surface area contributed by atoms with Crippen LogP contribution in [-0.2, 0) is 28.6 Å². The van der Waals surface area contributed by atoms with E-state index in [2.05, 4.69) is 142 Å². The van der Waals surface area contributed by atoms with Gasteiger partial charge in [0.25, 0.3) is 0 Å². The van der Waals surface area contributed by atoms with E-state index in [1.165, 1.54) is 89.9 Å². The predicted octanol–water partition coefficient (Wildman–Crippen LogP) is 20.4. The van der Waals surface area contributed by atoms with Crippen LogP contribution in [0.4, 0.5) is 0 Å². The van der Waals surface area contributed by atoms with Gasteiger partial charge in [-0.3, -0.25) is 14.4 Å². The molecule has 0 aromatic rings. The second-order valence-corrected chi connectivity index (χ2v) is 19.5. The standard InChI is InChI=1S/C67H110O6/c1-4-7-10-13-16-19-22-25-27-29-30-31-32-33-34-35-36-37-38-39-41-42-45-48-51-54-57-60-66(69)72-63-64(62-71-65(68)59-56-53-50-47-44-24-21-18-15-12-9-6-3)73-67(70)61-58-55-52-49-46-43-40-28-26-23-20-17-14-11-8-5-2/h7,10,16,18-19,21,25,27-28,30-31,33-34,36-37,39-41,45,48,64H,4-6,8-9,11-15,17,20,22-24,26,29,32,35,38,42-44,46-47,49-63H2,1-3H3/b10-7-,19-16-,21-18-,27-25-,31-30-,34-33-,37-36-,40-28-,41-39-,48-45-. The largest absolute Gasteiger partial charge is 0.462 e. The van der Waals surface area contributed by atoms with E-state index in [9.17, 15) is 14.4 Å². The fourth-order valence-corrected chi connectivity index (χ4v) is 7.92. The van der Waals surface area contributed by atoms with Crippen molar-refractivity contribution in [3.8, 4) is 0 Å². The Balaban J connectivity index is 4.43. The Morgan fingerprint density at radius 3 is 0.904 bits per heavy atom. The SMILES string of the molecule is CC/C=C\C/C=C\C/C=C\C/C=C\C/C=C\C/C=C\C/C=C\C/C=C\CCCCC(=O)OCC(COC(=O)CCCCCCC/C=C\CCCCC)OC(=O)CCCCCCC/C=C\CCCCCCCCC.